The van der Waals surface area contributed by atoms with E-state index in [1.807, 2.05) is 31.2 Å². The van der Waals surface area contributed by atoms with Gasteiger partial charge in [0.15, 0.2) is 5.82 Å². The van der Waals surface area contributed by atoms with E-state index in [4.69, 9.17) is 5.73 Å². The molecule has 0 spiro atoms. The lowest BCUT2D eigenvalue weighted by Gasteiger charge is -2.15. The Morgan fingerprint density at radius 3 is 2.43 bits per heavy atom. The van der Waals surface area contributed by atoms with E-state index < -0.39 is 23.1 Å². The average molecular weight is 290 g/mol. The molecule has 2 aromatic rings. The third kappa shape index (κ3) is 3.37. The Kier molecular flexibility index (Phi) is 4.21. The summed E-state index contributed by atoms with van der Waals surface area (Å²) in [5.41, 5.74) is 6.51. The molecule has 1 atom stereocenters. The highest BCUT2D eigenvalue weighted by Crippen LogP contribution is 2.19. The van der Waals surface area contributed by atoms with Gasteiger partial charge in [0, 0.05) is 0 Å². The van der Waals surface area contributed by atoms with E-state index in [0.717, 1.165) is 23.3 Å². The molecule has 0 aliphatic heterocycles. The van der Waals surface area contributed by atoms with Gasteiger partial charge in [-0.1, -0.05) is 29.8 Å². The molecule has 0 fully saturated rings. The number of aryl methyl sites for hydroxylation is 1. The number of hydrogen-bond donors (Lipinski definition) is 2. The number of benzene rings is 2. The average Bonchev–Trinajstić information content (AvgIpc) is 2.43. The molecule has 0 aromatic heterocycles. The molecular formula is C16H16F2N2O. The summed E-state index contributed by atoms with van der Waals surface area (Å²) in [6.07, 6.45) is 0. The van der Waals surface area contributed by atoms with Gasteiger partial charge in [-0.25, -0.2) is 8.78 Å². The fourth-order valence-electron chi connectivity index (χ4n) is 1.99. The highest BCUT2D eigenvalue weighted by atomic mass is 19.1. The van der Waals surface area contributed by atoms with Gasteiger partial charge < -0.3 is 11.1 Å². The second-order valence-corrected chi connectivity index (χ2v) is 4.96. The van der Waals surface area contributed by atoms with Crippen molar-refractivity contribution < 1.29 is 13.6 Å². The highest BCUT2D eigenvalue weighted by Gasteiger charge is 2.18. The number of carbonyl (C=O) groups excluding carboxylic acids is 1. The first-order valence-corrected chi connectivity index (χ1v) is 6.50. The number of rotatable bonds is 3. The number of nitrogens with two attached hydrogens (primary N) is 1. The monoisotopic (exact) mass is 290 g/mol. The summed E-state index contributed by atoms with van der Waals surface area (Å²) in [5.74, 6) is -2.36. The van der Waals surface area contributed by atoms with Crippen LogP contribution in [0.3, 0.4) is 0 Å². The Labute approximate surface area is 121 Å². The molecule has 0 radical (unpaired) electrons. The number of hydrogen-bond acceptors (Lipinski definition) is 2. The predicted octanol–water partition coefficient (Wildman–Crippen LogP) is 3.35. The van der Waals surface area contributed by atoms with E-state index in [1.165, 1.54) is 0 Å². The van der Waals surface area contributed by atoms with Gasteiger partial charge in [0.05, 0.1) is 17.3 Å². The van der Waals surface area contributed by atoms with E-state index in [-0.39, 0.29) is 11.7 Å². The Hall–Kier alpha value is -2.43. The Morgan fingerprint density at radius 1 is 1.19 bits per heavy atom. The molecule has 0 saturated heterocycles. The van der Waals surface area contributed by atoms with Crippen LogP contribution in [0.1, 0.15) is 34.5 Å². The zero-order valence-corrected chi connectivity index (χ0v) is 11.8. The van der Waals surface area contributed by atoms with Crippen LogP contribution in [0.4, 0.5) is 14.5 Å². The zero-order chi connectivity index (χ0) is 15.6. The summed E-state index contributed by atoms with van der Waals surface area (Å²) in [5, 5.41) is 2.63. The highest BCUT2D eigenvalue weighted by molar-refractivity contribution is 5.95. The van der Waals surface area contributed by atoms with Crippen LogP contribution < -0.4 is 11.1 Å². The van der Waals surface area contributed by atoms with Crippen LogP contribution in [0.2, 0.25) is 0 Å². The normalized spacial score (nSPS) is 12.0. The maximum atomic E-state index is 13.8. The molecule has 0 aliphatic rings. The van der Waals surface area contributed by atoms with Gasteiger partial charge in [-0.15, -0.1) is 0 Å². The van der Waals surface area contributed by atoms with Gasteiger partial charge in [0.25, 0.3) is 5.91 Å². The fourth-order valence-corrected chi connectivity index (χ4v) is 1.99. The lowest BCUT2D eigenvalue weighted by atomic mass is 10.1. The van der Waals surface area contributed by atoms with E-state index in [9.17, 15) is 13.6 Å². The third-order valence-electron chi connectivity index (χ3n) is 3.24. The Morgan fingerprint density at radius 2 is 1.81 bits per heavy atom. The minimum Gasteiger partial charge on any atom is -0.396 e. The number of halogens is 2. The molecule has 2 rings (SSSR count). The second kappa shape index (κ2) is 5.91. The molecule has 110 valence electrons. The quantitative estimate of drug-likeness (QED) is 0.852. The van der Waals surface area contributed by atoms with Crippen LogP contribution in [0, 0.1) is 18.6 Å². The van der Waals surface area contributed by atoms with E-state index in [0.29, 0.717) is 0 Å². The van der Waals surface area contributed by atoms with E-state index >= 15 is 0 Å². The topological polar surface area (TPSA) is 55.1 Å². The molecule has 21 heavy (non-hydrogen) atoms. The molecule has 3 nitrogen and oxygen atoms in total. The first-order chi connectivity index (χ1) is 9.88. The van der Waals surface area contributed by atoms with Crippen molar-refractivity contribution in [3.8, 4) is 0 Å². The minimum atomic E-state index is -0.912. The van der Waals surface area contributed by atoms with Crippen molar-refractivity contribution in [2.75, 3.05) is 5.73 Å². The van der Waals surface area contributed by atoms with Crippen LogP contribution in [-0.4, -0.2) is 5.91 Å². The second-order valence-electron chi connectivity index (χ2n) is 4.96. The maximum absolute atomic E-state index is 13.8. The van der Waals surface area contributed by atoms with Gasteiger partial charge >= 0.3 is 0 Å². The van der Waals surface area contributed by atoms with Crippen LogP contribution in [0.25, 0.3) is 0 Å². The summed E-state index contributed by atoms with van der Waals surface area (Å²) in [7, 11) is 0. The SMILES string of the molecule is Cc1ccc(C(C)NC(=O)c2cc(F)cc(N)c2F)cc1. The van der Waals surface area contributed by atoms with Gasteiger partial charge in [-0.05, 0) is 31.5 Å². The standard InChI is InChI=1S/C16H16F2N2O/c1-9-3-5-11(6-4-9)10(2)20-16(21)13-7-12(17)8-14(19)15(13)18/h3-8,10H,19H2,1-2H3,(H,20,21). The summed E-state index contributed by atoms with van der Waals surface area (Å²) < 4.78 is 27.0. The molecule has 0 aliphatic carbocycles. The number of anilines is 1. The first kappa shape index (κ1) is 15.0. The van der Waals surface area contributed by atoms with Crippen molar-refractivity contribution in [1.82, 2.24) is 5.32 Å². The molecule has 0 saturated carbocycles. The summed E-state index contributed by atoms with van der Waals surface area (Å²) >= 11 is 0. The largest absolute Gasteiger partial charge is 0.396 e. The molecule has 0 heterocycles. The zero-order valence-electron chi connectivity index (χ0n) is 11.8. The summed E-state index contributed by atoms with van der Waals surface area (Å²) in [6.45, 7) is 3.72. The summed E-state index contributed by atoms with van der Waals surface area (Å²) in [4.78, 5) is 12.0. The van der Waals surface area contributed by atoms with Crippen molar-refractivity contribution >= 4 is 11.6 Å². The predicted molar refractivity (Wildman–Crippen MR) is 77.8 cm³/mol. The lowest BCUT2D eigenvalue weighted by molar-refractivity contribution is 0.0935. The van der Waals surface area contributed by atoms with E-state index in [1.54, 1.807) is 6.92 Å². The Bertz CT molecular complexity index is 669. The first-order valence-electron chi connectivity index (χ1n) is 6.50. The molecular weight excluding hydrogens is 274 g/mol. The molecule has 5 heteroatoms. The van der Waals surface area contributed by atoms with Gasteiger partial charge in [-0.3, -0.25) is 4.79 Å². The number of nitrogen functional groups attached to an aromatic ring is 1. The number of amides is 1. The smallest absolute Gasteiger partial charge is 0.254 e. The molecule has 1 amide bonds. The van der Waals surface area contributed by atoms with Crippen LogP contribution in [0.5, 0.6) is 0 Å². The minimum absolute atomic E-state index is 0.331. The Balaban J connectivity index is 2.20. The van der Waals surface area contributed by atoms with Crippen LogP contribution in [-0.2, 0) is 0 Å². The fraction of sp³-hybridized carbons (Fsp3) is 0.188. The van der Waals surface area contributed by atoms with Crippen molar-refractivity contribution in [2.24, 2.45) is 0 Å². The van der Waals surface area contributed by atoms with Crippen molar-refractivity contribution in [2.45, 2.75) is 19.9 Å². The lowest BCUT2D eigenvalue weighted by Crippen LogP contribution is -2.27. The van der Waals surface area contributed by atoms with Crippen molar-refractivity contribution in [1.29, 1.82) is 0 Å². The van der Waals surface area contributed by atoms with Crippen molar-refractivity contribution in [3.63, 3.8) is 0 Å². The maximum Gasteiger partial charge on any atom is 0.254 e. The summed E-state index contributed by atoms with van der Waals surface area (Å²) in [6, 6.07) is 8.92. The molecule has 2 aromatic carbocycles. The molecule has 3 N–H and O–H groups in total. The van der Waals surface area contributed by atoms with Gasteiger partial charge in [0.2, 0.25) is 0 Å². The van der Waals surface area contributed by atoms with Crippen LogP contribution >= 0.6 is 0 Å². The van der Waals surface area contributed by atoms with Crippen LogP contribution in [0.15, 0.2) is 36.4 Å². The van der Waals surface area contributed by atoms with Gasteiger partial charge in [-0.2, -0.15) is 0 Å². The number of nitrogens with one attached hydrogen (secondary N) is 1. The van der Waals surface area contributed by atoms with Gasteiger partial charge in [0.1, 0.15) is 5.82 Å². The van der Waals surface area contributed by atoms with E-state index in [2.05, 4.69) is 5.32 Å². The van der Waals surface area contributed by atoms with Crippen molar-refractivity contribution in [3.05, 3.63) is 64.7 Å². The molecule has 1 unspecified atom stereocenters. The number of carbonyl (C=O) groups is 1. The third-order valence-corrected chi connectivity index (χ3v) is 3.24. The molecule has 0 bridgehead atoms.